The molecule has 2 aliphatic heterocycles. The van der Waals surface area contributed by atoms with Gasteiger partial charge in [-0.3, -0.25) is 19.2 Å². The van der Waals surface area contributed by atoms with Gasteiger partial charge in [0, 0.05) is 55.3 Å². The number of carbonyl (C=O) groups excluding carboxylic acids is 4. The average molecular weight is 1060 g/mol. The largest absolute Gasteiger partial charge is 0.268 e. The van der Waals surface area contributed by atoms with Gasteiger partial charge in [0.15, 0.2) is 0 Å². The Hall–Kier alpha value is -10.1. The molecule has 390 valence electrons. The van der Waals surface area contributed by atoms with Gasteiger partial charge in [-0.05, 0) is 183 Å². The number of amides is 4. The summed E-state index contributed by atoms with van der Waals surface area (Å²) in [5.74, 6) is 13.0. The highest BCUT2D eigenvalue weighted by Gasteiger charge is 2.40. The molecule has 0 saturated carbocycles. The molecular weight excluding hydrogens is 1000 g/mol. The first-order valence-corrected chi connectivity index (χ1v) is 28.2. The highest BCUT2D eigenvalue weighted by Crippen LogP contribution is 2.49. The second kappa shape index (κ2) is 17.9. The molecule has 0 atom stereocenters. The lowest BCUT2D eigenvalue weighted by Crippen LogP contribution is -2.41. The number of hydrogen-bond donors (Lipinski definition) is 0. The van der Waals surface area contributed by atoms with E-state index in [0.717, 1.165) is 120 Å². The third kappa shape index (κ3) is 6.85. The van der Waals surface area contributed by atoms with Gasteiger partial charge >= 0.3 is 0 Å². The Morgan fingerprint density at radius 3 is 0.988 bits per heavy atom. The van der Waals surface area contributed by atoms with E-state index in [1.807, 2.05) is 104 Å². The van der Waals surface area contributed by atoms with Gasteiger partial charge in [-0.15, -0.1) is 0 Å². The summed E-state index contributed by atoms with van der Waals surface area (Å²) in [6.07, 6.45) is 0. The average Bonchev–Trinajstić information content (AvgIpc) is 0.944. The monoisotopic (exact) mass is 1060 g/mol. The summed E-state index contributed by atoms with van der Waals surface area (Å²) in [6.45, 7) is 14.6. The smallest absolute Gasteiger partial charge is 0.266 e. The van der Waals surface area contributed by atoms with Gasteiger partial charge in [-0.25, -0.2) is 9.80 Å². The van der Waals surface area contributed by atoms with Crippen molar-refractivity contribution in [1.82, 2.24) is 0 Å². The van der Waals surface area contributed by atoms with Gasteiger partial charge in [0.1, 0.15) is 0 Å². The van der Waals surface area contributed by atoms with Crippen LogP contribution in [0.5, 0.6) is 0 Å². The van der Waals surface area contributed by atoms with Crippen LogP contribution in [0.25, 0.3) is 86.2 Å². The normalized spacial score (nSPS) is 13.5. The number of rotatable bonds is 5. The topological polar surface area (TPSA) is 74.8 Å². The summed E-state index contributed by atoms with van der Waals surface area (Å²) >= 11 is 0. The zero-order chi connectivity index (χ0) is 56.1. The number of hydrogen-bond acceptors (Lipinski definition) is 4. The number of nitrogens with zero attached hydrogens (tertiary/aromatic N) is 2. The van der Waals surface area contributed by atoms with Crippen molar-refractivity contribution in [2.75, 3.05) is 9.80 Å². The van der Waals surface area contributed by atoms with Gasteiger partial charge in [-0.2, -0.15) is 0 Å². The van der Waals surface area contributed by atoms with Crippen molar-refractivity contribution >= 4 is 121 Å². The molecule has 0 saturated heterocycles. The van der Waals surface area contributed by atoms with E-state index in [4.69, 9.17) is 0 Å². The zero-order valence-corrected chi connectivity index (χ0v) is 46.4. The van der Waals surface area contributed by atoms with Crippen LogP contribution < -0.4 is 9.80 Å². The third-order valence-corrected chi connectivity index (χ3v) is 17.5. The van der Waals surface area contributed by atoms with Crippen LogP contribution in [0.15, 0.2) is 170 Å². The molecule has 2 aliphatic rings. The molecule has 0 fully saturated rings. The summed E-state index contributed by atoms with van der Waals surface area (Å²) in [5.41, 5.74) is 10.9. The Morgan fingerprint density at radius 2 is 0.598 bits per heavy atom. The van der Waals surface area contributed by atoms with Gasteiger partial charge in [-0.1, -0.05) is 174 Å². The molecule has 82 heavy (non-hydrogen) atoms. The summed E-state index contributed by atoms with van der Waals surface area (Å²) < 4.78 is 0. The minimum Gasteiger partial charge on any atom is -0.268 e. The molecular formula is C76H52N2O4. The third-order valence-electron chi connectivity index (χ3n) is 17.5. The second-order valence-electron chi connectivity index (χ2n) is 23.2. The quantitative estimate of drug-likeness (QED) is 0.0745. The second-order valence-corrected chi connectivity index (χ2v) is 23.2. The molecule has 2 heterocycles. The van der Waals surface area contributed by atoms with E-state index < -0.39 is 0 Å². The first-order chi connectivity index (χ1) is 39.8. The maximum atomic E-state index is 14.8. The van der Waals surface area contributed by atoms with E-state index >= 15 is 0 Å². The van der Waals surface area contributed by atoms with Gasteiger partial charge in [0.25, 0.3) is 23.6 Å². The molecule has 4 amide bonds. The van der Waals surface area contributed by atoms with Crippen LogP contribution >= 0.6 is 0 Å². The molecule has 6 nitrogen and oxygen atoms in total. The molecule has 0 aromatic heterocycles. The zero-order valence-electron chi connectivity index (χ0n) is 46.4. The predicted octanol–water partition coefficient (Wildman–Crippen LogP) is 17.9. The van der Waals surface area contributed by atoms with E-state index in [1.54, 1.807) is 0 Å². The number of aryl methyl sites for hydroxylation is 1. The Morgan fingerprint density at radius 1 is 0.293 bits per heavy atom. The molecule has 0 spiro atoms. The number of imide groups is 2. The van der Waals surface area contributed by atoms with E-state index in [-0.39, 0.29) is 41.4 Å². The predicted molar refractivity (Wildman–Crippen MR) is 336 cm³/mol. The van der Waals surface area contributed by atoms with Crippen molar-refractivity contribution in [3.8, 4) is 23.7 Å². The molecule has 13 aromatic rings. The van der Waals surface area contributed by atoms with Crippen molar-refractivity contribution in [1.29, 1.82) is 0 Å². The van der Waals surface area contributed by atoms with Crippen molar-refractivity contribution in [3.05, 3.63) is 237 Å². The molecule has 0 unspecified atom stereocenters. The minimum atomic E-state index is -0.298. The Labute approximate surface area is 474 Å². The fraction of sp³-hybridized carbons (Fsp3) is 0.132. The van der Waals surface area contributed by atoms with Crippen molar-refractivity contribution in [3.63, 3.8) is 0 Å². The van der Waals surface area contributed by atoms with Crippen LogP contribution in [0.2, 0.25) is 0 Å². The molecule has 0 N–H and O–H groups in total. The standard InChI is InChI=1S/C76H52N2O4/c1-40(2)48-13-8-12-43(7)71(48)77-73(79)61-36-32-57-53-18-10-16-51-46(28-30-55(65(51)53)59-34-38-62(74(77)80)69(61)67(57)59)26-24-44-20-22-45(23-21-44)25-27-47-29-31-56-60-35-39-64-70-63(37-33-58(68(60)70)54-19-11-17-52(47)66(54)56)75(81)78(76(64)82)72-49(41(3)4)14-9-15-50(72)42(5)6/h8-23,28-42H,1-7H3. The highest BCUT2D eigenvalue weighted by atomic mass is 16.2. The minimum absolute atomic E-state index is 0.112. The van der Waals surface area contributed by atoms with Crippen molar-refractivity contribution < 1.29 is 19.2 Å². The van der Waals surface area contributed by atoms with Crippen LogP contribution in [0.1, 0.15) is 145 Å². The van der Waals surface area contributed by atoms with Crippen LogP contribution in [0.3, 0.4) is 0 Å². The van der Waals surface area contributed by atoms with E-state index in [9.17, 15) is 19.2 Å². The molecule has 13 aromatic carbocycles. The SMILES string of the molecule is Cc1cccc(C(C)C)c1N1C(=O)c2ccc3c4cccc5c(C#Cc6ccc(C#Cc7ccc8c9ccc%10c%11c(ccc(c%12cccc7c%128)c%119)C(=O)N(c7c(C(C)C)cccc7C(C)C)C%10=O)cc6)ccc(c6ccc(c2c36)C1=O)c54. The summed E-state index contributed by atoms with van der Waals surface area (Å²) in [5, 5.41) is 15.7. The lowest BCUT2D eigenvalue weighted by atomic mass is 9.83. The lowest BCUT2D eigenvalue weighted by molar-refractivity contribution is 0.0877. The van der Waals surface area contributed by atoms with Crippen molar-refractivity contribution in [2.45, 2.75) is 66.2 Å². The first kappa shape index (κ1) is 48.9. The summed E-state index contributed by atoms with van der Waals surface area (Å²) in [7, 11) is 0. The van der Waals surface area contributed by atoms with Gasteiger partial charge in [0.2, 0.25) is 0 Å². The molecule has 0 radical (unpaired) electrons. The number of fused-ring (bicyclic) bond motifs is 4. The Bertz CT molecular complexity index is 5020. The number of anilines is 2. The van der Waals surface area contributed by atoms with E-state index in [1.165, 1.54) is 9.80 Å². The van der Waals surface area contributed by atoms with E-state index in [2.05, 4.69) is 138 Å². The number of benzene rings is 13. The van der Waals surface area contributed by atoms with Gasteiger partial charge < -0.3 is 0 Å². The number of para-hydroxylation sites is 2. The maximum Gasteiger partial charge on any atom is 0.266 e. The molecule has 0 aliphatic carbocycles. The van der Waals surface area contributed by atoms with Crippen LogP contribution in [-0.2, 0) is 0 Å². The molecule has 15 rings (SSSR count). The Kier molecular flexibility index (Phi) is 10.7. The molecule has 0 bridgehead atoms. The summed E-state index contributed by atoms with van der Waals surface area (Å²) in [6, 6.07) is 57.0. The fourth-order valence-electron chi connectivity index (χ4n) is 13.7. The highest BCUT2D eigenvalue weighted by molar-refractivity contribution is 6.44. The maximum absolute atomic E-state index is 14.8. The number of carbonyl (C=O) groups is 4. The van der Waals surface area contributed by atoms with E-state index in [0.29, 0.717) is 44.4 Å². The van der Waals surface area contributed by atoms with Crippen LogP contribution in [0.4, 0.5) is 11.4 Å². The van der Waals surface area contributed by atoms with Crippen LogP contribution in [0, 0.1) is 30.6 Å². The first-order valence-electron chi connectivity index (χ1n) is 28.2. The fourth-order valence-corrected chi connectivity index (χ4v) is 13.7. The Balaban J connectivity index is 0.750. The lowest BCUT2D eigenvalue weighted by Gasteiger charge is -2.32. The van der Waals surface area contributed by atoms with Crippen molar-refractivity contribution in [2.24, 2.45) is 0 Å². The van der Waals surface area contributed by atoms with Crippen LogP contribution in [-0.4, -0.2) is 23.6 Å². The molecule has 6 heteroatoms. The van der Waals surface area contributed by atoms with Gasteiger partial charge in [0.05, 0.1) is 11.4 Å². The summed E-state index contributed by atoms with van der Waals surface area (Å²) in [4.78, 5) is 61.5.